The minimum atomic E-state index is -0.258. The number of primary amides is 1. The summed E-state index contributed by atoms with van der Waals surface area (Å²) < 4.78 is 11.8. The average molecular weight is 473 g/mol. The number of hydrogen-bond acceptors (Lipinski definition) is 4. The zero-order valence-corrected chi connectivity index (χ0v) is 20.5. The van der Waals surface area contributed by atoms with Crippen LogP contribution in [0.5, 0.6) is 11.5 Å². The van der Waals surface area contributed by atoms with Gasteiger partial charge >= 0.3 is 0 Å². The molecule has 1 aliphatic heterocycles. The number of nitrogens with zero attached hydrogens (tertiary/aromatic N) is 1. The van der Waals surface area contributed by atoms with E-state index in [0.29, 0.717) is 13.0 Å². The molecule has 3 aromatic rings. The third kappa shape index (κ3) is 7.86. The number of unbranched alkanes of at least 4 members (excludes halogenated alkanes) is 1. The smallest absolute Gasteiger partial charge is 0.217 e. The average Bonchev–Trinajstić information content (AvgIpc) is 3.39. The number of hydrogen-bond donors (Lipinski definition) is 1. The molecule has 1 aliphatic rings. The Morgan fingerprint density at radius 2 is 1.46 bits per heavy atom. The number of nitrogens with two attached hydrogens (primary N) is 1. The molecule has 1 fully saturated rings. The number of carbonyl (C=O) groups excluding carboxylic acids is 1. The van der Waals surface area contributed by atoms with E-state index in [1.165, 1.54) is 48.2 Å². The second kappa shape index (κ2) is 13.0. The Balaban J connectivity index is 1.31. The Morgan fingerprint density at radius 1 is 0.800 bits per heavy atom. The molecule has 0 unspecified atom stereocenters. The highest BCUT2D eigenvalue weighted by atomic mass is 16.5. The van der Waals surface area contributed by atoms with E-state index in [1.807, 2.05) is 12.1 Å². The first-order chi connectivity index (χ1) is 17.2. The van der Waals surface area contributed by atoms with Crippen molar-refractivity contribution in [2.45, 2.75) is 38.5 Å². The zero-order valence-electron chi connectivity index (χ0n) is 20.5. The van der Waals surface area contributed by atoms with Gasteiger partial charge in [0.15, 0.2) is 0 Å². The van der Waals surface area contributed by atoms with Gasteiger partial charge in [0.1, 0.15) is 18.1 Å². The predicted molar refractivity (Wildman–Crippen MR) is 141 cm³/mol. The number of benzene rings is 3. The fraction of sp³-hybridized carbons (Fsp3) is 0.367. The lowest BCUT2D eigenvalue weighted by Crippen LogP contribution is -2.25. The number of likely N-dealkylation sites (tertiary alicyclic amines) is 1. The molecule has 1 saturated heterocycles. The summed E-state index contributed by atoms with van der Waals surface area (Å²) in [5.74, 6) is 1.52. The molecular formula is C30H36N2O3. The number of ether oxygens (including phenoxy) is 2. The van der Waals surface area contributed by atoms with E-state index in [1.54, 1.807) is 0 Å². The van der Waals surface area contributed by atoms with E-state index < -0.39 is 0 Å². The molecule has 2 N–H and O–H groups in total. The fourth-order valence-corrected chi connectivity index (χ4v) is 4.50. The SMILES string of the molecule is NC(=O)CCCCOc1ccc(Cc2ccccc2-c2ccc(OCCN3CCCC3)cc2)cc1. The molecule has 1 heterocycles. The maximum absolute atomic E-state index is 10.8. The van der Waals surface area contributed by atoms with Crippen molar-refractivity contribution in [3.63, 3.8) is 0 Å². The topological polar surface area (TPSA) is 64.8 Å². The lowest BCUT2D eigenvalue weighted by atomic mass is 9.95. The summed E-state index contributed by atoms with van der Waals surface area (Å²) in [6, 6.07) is 25.3. The maximum atomic E-state index is 10.8. The molecule has 35 heavy (non-hydrogen) atoms. The largest absolute Gasteiger partial charge is 0.494 e. The van der Waals surface area contributed by atoms with Crippen molar-refractivity contribution in [3.8, 4) is 22.6 Å². The Labute approximate surface area is 208 Å². The molecule has 5 heteroatoms. The highest BCUT2D eigenvalue weighted by Gasteiger charge is 2.11. The van der Waals surface area contributed by atoms with Crippen LogP contribution in [0.3, 0.4) is 0 Å². The van der Waals surface area contributed by atoms with E-state index >= 15 is 0 Å². The molecule has 0 aliphatic carbocycles. The third-order valence-corrected chi connectivity index (χ3v) is 6.46. The van der Waals surface area contributed by atoms with Crippen LogP contribution in [0.4, 0.5) is 0 Å². The summed E-state index contributed by atoms with van der Waals surface area (Å²) in [7, 11) is 0. The van der Waals surface area contributed by atoms with Crippen LogP contribution in [0.25, 0.3) is 11.1 Å². The van der Waals surface area contributed by atoms with Gasteiger partial charge in [-0.3, -0.25) is 9.69 Å². The van der Waals surface area contributed by atoms with Gasteiger partial charge in [0.25, 0.3) is 0 Å². The summed E-state index contributed by atoms with van der Waals surface area (Å²) in [5, 5.41) is 0. The second-order valence-corrected chi connectivity index (χ2v) is 9.17. The van der Waals surface area contributed by atoms with Crippen LogP contribution < -0.4 is 15.2 Å². The molecule has 0 bridgehead atoms. The van der Waals surface area contributed by atoms with Crippen molar-refractivity contribution in [2.24, 2.45) is 5.73 Å². The van der Waals surface area contributed by atoms with Crippen molar-refractivity contribution >= 4 is 5.91 Å². The lowest BCUT2D eigenvalue weighted by Gasteiger charge is -2.15. The quantitative estimate of drug-likeness (QED) is 0.336. The Morgan fingerprint density at radius 3 is 2.17 bits per heavy atom. The predicted octanol–water partition coefficient (Wildman–Crippen LogP) is 5.45. The van der Waals surface area contributed by atoms with Gasteiger partial charge in [-0.05, 0) is 91.7 Å². The van der Waals surface area contributed by atoms with Crippen LogP contribution >= 0.6 is 0 Å². The van der Waals surface area contributed by atoms with Crippen LogP contribution in [0, 0.1) is 0 Å². The minimum absolute atomic E-state index is 0.258. The summed E-state index contributed by atoms with van der Waals surface area (Å²) in [5.41, 5.74) is 10.1. The highest BCUT2D eigenvalue weighted by Crippen LogP contribution is 2.28. The number of carbonyl (C=O) groups is 1. The Kier molecular flexibility index (Phi) is 9.18. The van der Waals surface area contributed by atoms with Crippen molar-refractivity contribution in [1.29, 1.82) is 0 Å². The first kappa shape index (κ1) is 24.8. The van der Waals surface area contributed by atoms with Gasteiger partial charge in [0, 0.05) is 13.0 Å². The minimum Gasteiger partial charge on any atom is -0.494 e. The molecule has 0 aromatic heterocycles. The van der Waals surface area contributed by atoms with Crippen LogP contribution in [-0.4, -0.2) is 43.7 Å². The van der Waals surface area contributed by atoms with Crippen molar-refractivity contribution in [2.75, 3.05) is 32.8 Å². The van der Waals surface area contributed by atoms with E-state index in [0.717, 1.165) is 43.9 Å². The lowest BCUT2D eigenvalue weighted by molar-refractivity contribution is -0.118. The zero-order chi connectivity index (χ0) is 24.3. The highest BCUT2D eigenvalue weighted by molar-refractivity contribution is 5.73. The fourth-order valence-electron chi connectivity index (χ4n) is 4.50. The van der Waals surface area contributed by atoms with Crippen LogP contribution in [0.2, 0.25) is 0 Å². The third-order valence-electron chi connectivity index (χ3n) is 6.46. The molecular weight excluding hydrogens is 436 g/mol. The monoisotopic (exact) mass is 472 g/mol. The molecule has 0 radical (unpaired) electrons. The summed E-state index contributed by atoms with van der Waals surface area (Å²) in [4.78, 5) is 13.3. The van der Waals surface area contributed by atoms with Crippen molar-refractivity contribution < 1.29 is 14.3 Å². The molecule has 184 valence electrons. The van der Waals surface area contributed by atoms with Crippen LogP contribution in [0.15, 0.2) is 72.8 Å². The number of amides is 1. The molecule has 0 atom stereocenters. The first-order valence-electron chi connectivity index (χ1n) is 12.7. The molecule has 4 rings (SSSR count). The van der Waals surface area contributed by atoms with Gasteiger partial charge in [-0.1, -0.05) is 48.5 Å². The Bertz CT molecular complexity index is 1060. The summed E-state index contributed by atoms with van der Waals surface area (Å²) >= 11 is 0. The molecule has 5 nitrogen and oxygen atoms in total. The van der Waals surface area contributed by atoms with Gasteiger partial charge in [0.05, 0.1) is 6.61 Å². The Hall–Kier alpha value is -3.31. The standard InChI is InChI=1S/C30H36N2O3/c31-30(33)9-3-6-21-34-27-14-10-24(11-15-27)23-26-7-1-2-8-29(26)25-12-16-28(17-13-25)35-22-20-32-18-4-5-19-32/h1-2,7-8,10-17H,3-6,9,18-23H2,(H2,31,33). The van der Waals surface area contributed by atoms with Crippen LogP contribution in [0.1, 0.15) is 43.2 Å². The number of rotatable bonds is 13. The molecule has 0 spiro atoms. The molecule has 0 saturated carbocycles. The summed E-state index contributed by atoms with van der Waals surface area (Å²) in [6.07, 6.45) is 5.47. The van der Waals surface area contributed by atoms with E-state index in [2.05, 4.69) is 65.6 Å². The van der Waals surface area contributed by atoms with E-state index in [4.69, 9.17) is 15.2 Å². The van der Waals surface area contributed by atoms with Gasteiger partial charge in [-0.25, -0.2) is 0 Å². The van der Waals surface area contributed by atoms with Crippen molar-refractivity contribution in [3.05, 3.63) is 83.9 Å². The van der Waals surface area contributed by atoms with Gasteiger partial charge in [-0.2, -0.15) is 0 Å². The maximum Gasteiger partial charge on any atom is 0.217 e. The summed E-state index contributed by atoms with van der Waals surface area (Å²) in [6.45, 7) is 4.74. The van der Waals surface area contributed by atoms with E-state index in [-0.39, 0.29) is 5.91 Å². The normalized spacial score (nSPS) is 13.6. The van der Waals surface area contributed by atoms with Crippen molar-refractivity contribution in [1.82, 2.24) is 4.90 Å². The first-order valence-corrected chi connectivity index (χ1v) is 12.7. The van der Waals surface area contributed by atoms with Crippen LogP contribution in [-0.2, 0) is 11.2 Å². The van der Waals surface area contributed by atoms with Gasteiger partial charge < -0.3 is 15.2 Å². The second-order valence-electron chi connectivity index (χ2n) is 9.17. The van der Waals surface area contributed by atoms with Gasteiger partial charge in [-0.15, -0.1) is 0 Å². The van der Waals surface area contributed by atoms with E-state index in [9.17, 15) is 4.79 Å². The molecule has 1 amide bonds. The van der Waals surface area contributed by atoms with Gasteiger partial charge in [0.2, 0.25) is 5.91 Å². The molecule has 3 aromatic carbocycles.